The molecule has 0 bridgehead atoms. The second-order valence-corrected chi connectivity index (χ2v) is 8.31. The molecule has 0 radical (unpaired) electrons. The third-order valence-corrected chi connectivity index (χ3v) is 5.99. The van der Waals surface area contributed by atoms with E-state index in [9.17, 15) is 4.79 Å². The van der Waals surface area contributed by atoms with E-state index in [1.165, 1.54) is 36.0 Å². The molecule has 1 amide bonds. The number of piperazine rings is 1. The largest absolute Gasteiger partial charge is 0.326 e. The van der Waals surface area contributed by atoms with Crippen molar-refractivity contribution in [2.45, 2.75) is 38.6 Å². The van der Waals surface area contributed by atoms with E-state index in [0.29, 0.717) is 6.42 Å². The highest BCUT2D eigenvalue weighted by molar-refractivity contribution is 5.92. The molecule has 2 aromatic carbocycles. The third kappa shape index (κ3) is 5.00. The first-order valence-corrected chi connectivity index (χ1v) is 10.6. The fraction of sp³-hybridized carbons (Fsp3) is 0.458. The van der Waals surface area contributed by atoms with Crippen LogP contribution >= 0.6 is 0 Å². The van der Waals surface area contributed by atoms with Crippen molar-refractivity contribution in [1.29, 1.82) is 0 Å². The molecule has 4 heteroatoms. The number of rotatable bonds is 5. The van der Waals surface area contributed by atoms with Gasteiger partial charge in [0.25, 0.3) is 0 Å². The fourth-order valence-corrected chi connectivity index (χ4v) is 4.30. The predicted octanol–water partition coefficient (Wildman–Crippen LogP) is 3.49. The molecular formula is C24H31N3O. The van der Waals surface area contributed by atoms with Crippen molar-refractivity contribution in [2.75, 3.05) is 38.5 Å². The Morgan fingerprint density at radius 1 is 0.929 bits per heavy atom. The van der Waals surface area contributed by atoms with Gasteiger partial charge in [0.15, 0.2) is 0 Å². The lowest BCUT2D eigenvalue weighted by molar-refractivity contribution is -0.115. The Morgan fingerprint density at radius 3 is 2.54 bits per heavy atom. The highest BCUT2D eigenvalue weighted by Crippen LogP contribution is 2.22. The maximum atomic E-state index is 12.6. The lowest BCUT2D eigenvalue weighted by Crippen LogP contribution is -2.43. The van der Waals surface area contributed by atoms with Crippen molar-refractivity contribution in [3.05, 3.63) is 64.7 Å². The van der Waals surface area contributed by atoms with Gasteiger partial charge in [-0.05, 0) is 67.1 Å². The molecule has 1 N–H and O–H groups in total. The van der Waals surface area contributed by atoms with E-state index in [1.54, 1.807) is 0 Å². The number of anilines is 1. The van der Waals surface area contributed by atoms with Crippen LogP contribution in [0, 0.1) is 0 Å². The van der Waals surface area contributed by atoms with Gasteiger partial charge in [-0.2, -0.15) is 0 Å². The van der Waals surface area contributed by atoms with Crippen molar-refractivity contribution in [3.63, 3.8) is 0 Å². The van der Waals surface area contributed by atoms with Gasteiger partial charge in [-0.25, -0.2) is 0 Å². The summed E-state index contributed by atoms with van der Waals surface area (Å²) >= 11 is 0. The Labute approximate surface area is 168 Å². The zero-order valence-electron chi connectivity index (χ0n) is 16.9. The highest BCUT2D eigenvalue weighted by Gasteiger charge is 2.14. The number of carbonyl (C=O) groups is 1. The summed E-state index contributed by atoms with van der Waals surface area (Å²) in [6.45, 7) is 5.40. The maximum absolute atomic E-state index is 12.6. The predicted molar refractivity (Wildman–Crippen MR) is 115 cm³/mol. The van der Waals surface area contributed by atoms with Crippen LogP contribution in [0.1, 0.15) is 35.1 Å². The number of nitrogens with zero attached hydrogens (tertiary/aromatic N) is 2. The average Bonchev–Trinajstić information content (AvgIpc) is 2.70. The number of benzene rings is 2. The Hall–Kier alpha value is -2.17. The van der Waals surface area contributed by atoms with E-state index in [0.717, 1.165) is 50.4 Å². The van der Waals surface area contributed by atoms with E-state index in [2.05, 4.69) is 52.5 Å². The van der Waals surface area contributed by atoms with Crippen LogP contribution in [-0.4, -0.2) is 48.9 Å². The van der Waals surface area contributed by atoms with Crippen molar-refractivity contribution >= 4 is 11.6 Å². The van der Waals surface area contributed by atoms with E-state index in [4.69, 9.17) is 0 Å². The Morgan fingerprint density at radius 2 is 1.71 bits per heavy atom. The second-order valence-electron chi connectivity index (χ2n) is 8.31. The molecule has 148 valence electrons. The van der Waals surface area contributed by atoms with Gasteiger partial charge < -0.3 is 10.2 Å². The molecule has 1 saturated heterocycles. The first-order chi connectivity index (χ1) is 13.7. The number of hydrogen-bond donors (Lipinski definition) is 1. The Bertz CT molecular complexity index is 824. The average molecular weight is 378 g/mol. The number of fused-ring (bicyclic) bond motifs is 1. The summed E-state index contributed by atoms with van der Waals surface area (Å²) in [7, 11) is 2.18. The van der Waals surface area contributed by atoms with Gasteiger partial charge >= 0.3 is 0 Å². The van der Waals surface area contributed by atoms with E-state index in [-0.39, 0.29) is 5.91 Å². The zero-order valence-corrected chi connectivity index (χ0v) is 16.9. The second kappa shape index (κ2) is 8.89. The first kappa shape index (κ1) is 19.2. The minimum atomic E-state index is 0.0625. The lowest BCUT2D eigenvalue weighted by atomic mass is 9.90. The van der Waals surface area contributed by atoms with Crippen LogP contribution in [0.5, 0.6) is 0 Å². The maximum Gasteiger partial charge on any atom is 0.228 e. The highest BCUT2D eigenvalue weighted by atomic mass is 16.1. The quantitative estimate of drug-likeness (QED) is 0.866. The van der Waals surface area contributed by atoms with Crippen molar-refractivity contribution in [3.8, 4) is 0 Å². The number of hydrogen-bond acceptors (Lipinski definition) is 3. The van der Waals surface area contributed by atoms with Crippen molar-refractivity contribution in [1.82, 2.24) is 9.80 Å². The van der Waals surface area contributed by atoms with Gasteiger partial charge in [0.1, 0.15) is 0 Å². The van der Waals surface area contributed by atoms with Gasteiger partial charge in [0, 0.05) is 38.4 Å². The van der Waals surface area contributed by atoms with E-state index < -0.39 is 0 Å². The van der Waals surface area contributed by atoms with Gasteiger partial charge in [0.05, 0.1) is 6.42 Å². The number of amides is 1. The molecule has 0 unspecified atom stereocenters. The molecule has 2 aliphatic rings. The van der Waals surface area contributed by atoms with Crippen LogP contribution < -0.4 is 5.32 Å². The van der Waals surface area contributed by atoms with E-state index in [1.807, 2.05) is 12.1 Å². The van der Waals surface area contributed by atoms with Gasteiger partial charge in [-0.1, -0.05) is 30.3 Å². The lowest BCUT2D eigenvalue weighted by Gasteiger charge is -2.32. The molecule has 4 nitrogen and oxygen atoms in total. The van der Waals surface area contributed by atoms with Crippen LogP contribution in [0.15, 0.2) is 42.5 Å². The SMILES string of the molecule is CN1CCN(Cc2cccc(NC(=O)Cc3ccc4c(c3)CCCC4)c2)CC1. The normalized spacial score (nSPS) is 17.9. The summed E-state index contributed by atoms with van der Waals surface area (Å²) in [6.07, 6.45) is 5.33. The van der Waals surface area contributed by atoms with Crippen LogP contribution in [0.4, 0.5) is 5.69 Å². The minimum Gasteiger partial charge on any atom is -0.326 e. The summed E-state index contributed by atoms with van der Waals surface area (Å²) in [4.78, 5) is 17.4. The standard InChI is InChI=1S/C24H31N3O/c1-26-11-13-27(14-12-26)18-20-5-4-8-23(16-20)25-24(28)17-19-9-10-21-6-2-3-7-22(21)15-19/h4-5,8-10,15-16H,2-3,6-7,11-14,17-18H2,1H3,(H,25,28). The molecule has 4 rings (SSSR count). The number of carbonyl (C=O) groups excluding carboxylic acids is 1. The van der Waals surface area contributed by atoms with Gasteiger partial charge in [-0.3, -0.25) is 9.69 Å². The molecule has 0 aromatic heterocycles. The molecule has 28 heavy (non-hydrogen) atoms. The minimum absolute atomic E-state index is 0.0625. The summed E-state index contributed by atoms with van der Waals surface area (Å²) in [6, 6.07) is 14.9. The first-order valence-electron chi connectivity index (χ1n) is 10.6. The number of aryl methyl sites for hydroxylation is 2. The van der Waals surface area contributed by atoms with E-state index >= 15 is 0 Å². The number of nitrogens with one attached hydrogen (secondary N) is 1. The summed E-state index contributed by atoms with van der Waals surface area (Å²) in [5.74, 6) is 0.0625. The van der Waals surface area contributed by atoms with Gasteiger partial charge in [0.2, 0.25) is 5.91 Å². The van der Waals surface area contributed by atoms with Gasteiger partial charge in [-0.15, -0.1) is 0 Å². The molecule has 1 aliphatic carbocycles. The topological polar surface area (TPSA) is 35.6 Å². The van der Waals surface area contributed by atoms with Crippen molar-refractivity contribution in [2.24, 2.45) is 0 Å². The molecule has 0 atom stereocenters. The molecule has 2 aromatic rings. The fourth-order valence-electron chi connectivity index (χ4n) is 4.30. The molecule has 1 heterocycles. The zero-order chi connectivity index (χ0) is 19.3. The Kier molecular flexibility index (Phi) is 6.08. The molecule has 0 saturated carbocycles. The van der Waals surface area contributed by atoms with Crippen LogP contribution in [-0.2, 0) is 30.6 Å². The Balaban J connectivity index is 1.34. The summed E-state index contributed by atoms with van der Waals surface area (Å²) < 4.78 is 0. The smallest absolute Gasteiger partial charge is 0.228 e. The monoisotopic (exact) mass is 377 g/mol. The van der Waals surface area contributed by atoms with Crippen LogP contribution in [0.2, 0.25) is 0 Å². The number of likely N-dealkylation sites (N-methyl/N-ethyl adjacent to an activating group) is 1. The molecule has 1 aliphatic heterocycles. The molecule has 0 spiro atoms. The van der Waals surface area contributed by atoms with Crippen LogP contribution in [0.25, 0.3) is 0 Å². The molecular weight excluding hydrogens is 346 g/mol. The van der Waals surface area contributed by atoms with Crippen LogP contribution in [0.3, 0.4) is 0 Å². The summed E-state index contributed by atoms with van der Waals surface area (Å²) in [5.41, 5.74) is 6.18. The summed E-state index contributed by atoms with van der Waals surface area (Å²) in [5, 5.41) is 3.09. The third-order valence-electron chi connectivity index (χ3n) is 5.99. The molecule has 1 fully saturated rings. The van der Waals surface area contributed by atoms with Crippen molar-refractivity contribution < 1.29 is 4.79 Å².